The van der Waals surface area contributed by atoms with Gasteiger partial charge in [-0.1, -0.05) is 115 Å². The second-order valence-electron chi connectivity index (χ2n) is 11.0. The van der Waals surface area contributed by atoms with Gasteiger partial charge in [0.15, 0.2) is 5.82 Å². The number of fused-ring (bicyclic) bond motifs is 6. The highest BCUT2D eigenvalue weighted by Gasteiger charge is 2.19. The lowest BCUT2D eigenvalue weighted by Gasteiger charge is -2.10. The summed E-state index contributed by atoms with van der Waals surface area (Å²) in [5.74, 6) is 0.662. The highest BCUT2D eigenvalue weighted by molar-refractivity contribution is 6.15. The van der Waals surface area contributed by atoms with E-state index < -0.39 is 0 Å². The third-order valence-corrected chi connectivity index (χ3v) is 8.32. The molecule has 0 radical (unpaired) electrons. The number of furan rings is 2. The van der Waals surface area contributed by atoms with Crippen LogP contribution < -0.4 is 0 Å². The third-order valence-electron chi connectivity index (χ3n) is 8.32. The van der Waals surface area contributed by atoms with Crippen molar-refractivity contribution >= 4 is 43.9 Å². The van der Waals surface area contributed by atoms with Crippen molar-refractivity contribution in [3.05, 3.63) is 146 Å². The van der Waals surface area contributed by atoms with Gasteiger partial charge < -0.3 is 8.83 Å². The summed E-state index contributed by atoms with van der Waals surface area (Å²) in [6.45, 7) is 0. The molecule has 0 unspecified atom stereocenters. The van der Waals surface area contributed by atoms with Crippen molar-refractivity contribution in [2.24, 2.45) is 0 Å². The van der Waals surface area contributed by atoms with Crippen LogP contribution in [0, 0.1) is 0 Å². The fourth-order valence-corrected chi connectivity index (χ4v) is 6.24. The number of aromatic nitrogens is 2. The Bertz CT molecular complexity index is 2430. The highest BCUT2D eigenvalue weighted by Crippen LogP contribution is 2.41. The van der Waals surface area contributed by atoms with Crippen LogP contribution in [0.3, 0.4) is 0 Å². The first-order valence-electron chi connectivity index (χ1n) is 14.7. The van der Waals surface area contributed by atoms with Crippen LogP contribution in [0.25, 0.3) is 88.9 Å². The molecule has 0 bridgehead atoms. The van der Waals surface area contributed by atoms with Crippen LogP contribution in [0.4, 0.5) is 0 Å². The zero-order valence-corrected chi connectivity index (χ0v) is 23.6. The van der Waals surface area contributed by atoms with Crippen molar-refractivity contribution in [3.63, 3.8) is 0 Å². The predicted octanol–water partition coefficient (Wildman–Crippen LogP) is 10.9. The molecule has 0 fully saturated rings. The van der Waals surface area contributed by atoms with Crippen LogP contribution in [0.5, 0.6) is 0 Å². The molecule has 206 valence electrons. The number of hydrogen-bond donors (Lipinski definition) is 0. The summed E-state index contributed by atoms with van der Waals surface area (Å²) in [6, 6.07) is 49.6. The normalized spacial score (nSPS) is 11.6. The van der Waals surface area contributed by atoms with Gasteiger partial charge in [-0.15, -0.1) is 0 Å². The average Bonchev–Trinajstić information content (AvgIpc) is 3.67. The maximum Gasteiger partial charge on any atom is 0.161 e. The molecular weight excluding hydrogens is 540 g/mol. The number of benzene rings is 6. The van der Waals surface area contributed by atoms with E-state index in [0.717, 1.165) is 83.1 Å². The maximum absolute atomic E-state index is 6.63. The van der Waals surface area contributed by atoms with Crippen LogP contribution in [0.15, 0.2) is 154 Å². The SMILES string of the molecule is c1ccc(-c2cc(-c3ccccc3)nc(-c3cccc4oc5c(-c6ccc7oc8ccccc8c7c6)cccc5c34)n2)cc1. The van der Waals surface area contributed by atoms with E-state index in [-0.39, 0.29) is 0 Å². The summed E-state index contributed by atoms with van der Waals surface area (Å²) in [5, 5.41) is 4.23. The summed E-state index contributed by atoms with van der Waals surface area (Å²) in [7, 11) is 0. The molecule has 0 atom stereocenters. The zero-order valence-electron chi connectivity index (χ0n) is 23.6. The Kier molecular flexibility index (Phi) is 5.47. The Labute approximate surface area is 252 Å². The summed E-state index contributed by atoms with van der Waals surface area (Å²) in [6.07, 6.45) is 0. The van der Waals surface area contributed by atoms with Gasteiger partial charge in [-0.2, -0.15) is 0 Å². The van der Waals surface area contributed by atoms with Crippen LogP contribution in [0.1, 0.15) is 0 Å². The van der Waals surface area contributed by atoms with E-state index in [0.29, 0.717) is 5.82 Å². The molecule has 9 aromatic rings. The minimum absolute atomic E-state index is 0.662. The molecule has 0 aliphatic carbocycles. The van der Waals surface area contributed by atoms with Crippen molar-refractivity contribution in [3.8, 4) is 45.0 Å². The number of para-hydroxylation sites is 2. The number of rotatable bonds is 4. The first-order valence-corrected chi connectivity index (χ1v) is 14.7. The van der Waals surface area contributed by atoms with Gasteiger partial charge in [0.2, 0.25) is 0 Å². The van der Waals surface area contributed by atoms with E-state index in [1.54, 1.807) is 0 Å². The van der Waals surface area contributed by atoms with Crippen molar-refractivity contribution in [1.82, 2.24) is 9.97 Å². The number of hydrogen-bond acceptors (Lipinski definition) is 4. The molecule has 3 aromatic heterocycles. The fraction of sp³-hybridized carbons (Fsp3) is 0. The maximum atomic E-state index is 6.63. The molecule has 0 amide bonds. The Morgan fingerprint density at radius 3 is 1.77 bits per heavy atom. The summed E-state index contributed by atoms with van der Waals surface area (Å²) >= 11 is 0. The summed E-state index contributed by atoms with van der Waals surface area (Å²) < 4.78 is 12.7. The van der Waals surface area contributed by atoms with E-state index in [1.165, 1.54) is 0 Å². The minimum atomic E-state index is 0.662. The predicted molar refractivity (Wildman–Crippen MR) is 178 cm³/mol. The Hall–Kier alpha value is -6.00. The lowest BCUT2D eigenvalue weighted by atomic mass is 9.99. The Morgan fingerprint density at radius 1 is 0.386 bits per heavy atom. The molecule has 3 heterocycles. The molecule has 44 heavy (non-hydrogen) atoms. The first-order chi connectivity index (χ1) is 21.8. The average molecular weight is 565 g/mol. The second kappa shape index (κ2) is 9.79. The minimum Gasteiger partial charge on any atom is -0.456 e. The number of nitrogens with zero attached hydrogens (tertiary/aromatic N) is 2. The standard InChI is InChI=1S/C40H24N2O2/c1-3-11-25(12-4-1)33-24-34(26-13-5-2-6-14-26)42-40(41-33)31-18-10-20-37-38(31)30-17-9-16-28(39(30)44-37)27-21-22-36-32(23-27)29-15-7-8-19-35(29)43-36/h1-24H. The van der Waals surface area contributed by atoms with Crippen LogP contribution in [-0.4, -0.2) is 9.97 Å². The molecule has 0 saturated carbocycles. The molecular formula is C40H24N2O2. The van der Waals surface area contributed by atoms with Gasteiger partial charge >= 0.3 is 0 Å². The smallest absolute Gasteiger partial charge is 0.161 e. The van der Waals surface area contributed by atoms with Crippen molar-refractivity contribution in [2.75, 3.05) is 0 Å². The molecule has 4 heteroatoms. The Morgan fingerprint density at radius 2 is 1.00 bits per heavy atom. The molecule has 9 rings (SSSR count). The fourth-order valence-electron chi connectivity index (χ4n) is 6.24. The lowest BCUT2D eigenvalue weighted by Crippen LogP contribution is -1.96. The summed E-state index contributed by atoms with van der Waals surface area (Å²) in [5.41, 5.74) is 10.3. The molecule has 0 spiro atoms. The summed E-state index contributed by atoms with van der Waals surface area (Å²) in [4.78, 5) is 10.2. The lowest BCUT2D eigenvalue weighted by molar-refractivity contribution is 0.668. The van der Waals surface area contributed by atoms with Gasteiger partial charge in [-0.25, -0.2) is 9.97 Å². The van der Waals surface area contributed by atoms with E-state index in [1.807, 2.05) is 72.8 Å². The second-order valence-corrected chi connectivity index (χ2v) is 11.0. The van der Waals surface area contributed by atoms with Crippen molar-refractivity contribution in [2.45, 2.75) is 0 Å². The van der Waals surface area contributed by atoms with Gasteiger partial charge in [0.25, 0.3) is 0 Å². The molecule has 6 aromatic carbocycles. The van der Waals surface area contributed by atoms with E-state index >= 15 is 0 Å². The molecule has 4 nitrogen and oxygen atoms in total. The molecule has 0 N–H and O–H groups in total. The van der Waals surface area contributed by atoms with Gasteiger partial charge in [-0.3, -0.25) is 0 Å². The first kappa shape index (κ1) is 24.6. The van der Waals surface area contributed by atoms with Crippen LogP contribution in [0.2, 0.25) is 0 Å². The molecule has 0 saturated heterocycles. The van der Waals surface area contributed by atoms with Gasteiger partial charge in [0.05, 0.1) is 11.4 Å². The largest absolute Gasteiger partial charge is 0.456 e. The zero-order chi connectivity index (χ0) is 29.0. The van der Waals surface area contributed by atoms with E-state index in [2.05, 4.69) is 72.8 Å². The highest BCUT2D eigenvalue weighted by atomic mass is 16.3. The van der Waals surface area contributed by atoms with Crippen molar-refractivity contribution < 1.29 is 8.83 Å². The van der Waals surface area contributed by atoms with Crippen LogP contribution >= 0.6 is 0 Å². The van der Waals surface area contributed by atoms with Crippen molar-refractivity contribution in [1.29, 1.82) is 0 Å². The molecule has 0 aliphatic heterocycles. The monoisotopic (exact) mass is 564 g/mol. The topological polar surface area (TPSA) is 52.1 Å². The van der Waals surface area contributed by atoms with Gasteiger partial charge in [0.1, 0.15) is 22.3 Å². The van der Waals surface area contributed by atoms with E-state index in [9.17, 15) is 0 Å². The molecule has 0 aliphatic rings. The quantitative estimate of drug-likeness (QED) is 0.213. The third kappa shape index (κ3) is 3.92. The van der Waals surface area contributed by atoms with Gasteiger partial charge in [0, 0.05) is 43.8 Å². The van der Waals surface area contributed by atoms with Gasteiger partial charge in [-0.05, 0) is 35.9 Å². The van der Waals surface area contributed by atoms with Crippen LogP contribution in [-0.2, 0) is 0 Å². The Balaban J connectivity index is 1.27. The van der Waals surface area contributed by atoms with E-state index in [4.69, 9.17) is 18.8 Å².